The number of halogens is 5. The Morgan fingerprint density at radius 1 is 1.04 bits per heavy atom. The van der Waals surface area contributed by atoms with Crippen molar-refractivity contribution in [3.8, 4) is 0 Å². The fourth-order valence-corrected chi connectivity index (χ4v) is 2.22. The van der Waals surface area contributed by atoms with Crippen LogP contribution in [-0.4, -0.2) is 29.9 Å². The summed E-state index contributed by atoms with van der Waals surface area (Å²) in [6.07, 6.45) is -1.21. The highest BCUT2D eigenvalue weighted by atomic mass is 35.5. The average molecular weight is 386 g/mol. The van der Waals surface area contributed by atoms with E-state index in [1.54, 1.807) is 0 Å². The molecule has 0 radical (unpaired) electrons. The number of hydrogen-bond donors (Lipinski definition) is 2. The molecule has 0 aromatic heterocycles. The molecule has 0 unspecified atom stereocenters. The van der Waals surface area contributed by atoms with E-state index in [9.17, 15) is 13.2 Å². The van der Waals surface area contributed by atoms with Crippen LogP contribution in [0.3, 0.4) is 0 Å². The summed E-state index contributed by atoms with van der Waals surface area (Å²) >= 11 is 0. The molecule has 1 aliphatic rings. The number of piperidine rings is 1. The van der Waals surface area contributed by atoms with E-state index in [2.05, 4.69) is 9.98 Å². The Labute approximate surface area is 150 Å². The maximum absolute atomic E-state index is 12.6. The molecule has 1 aliphatic heterocycles. The molecular formula is C14H20Cl2F3N5. The van der Waals surface area contributed by atoms with Crippen LogP contribution in [-0.2, 0) is 6.18 Å². The summed E-state index contributed by atoms with van der Waals surface area (Å²) < 4.78 is 37.9. The monoisotopic (exact) mass is 385 g/mol. The van der Waals surface area contributed by atoms with Crippen LogP contribution in [0.4, 0.5) is 18.9 Å². The van der Waals surface area contributed by atoms with Crippen molar-refractivity contribution in [2.24, 2.45) is 21.5 Å². The standard InChI is InChI=1S/C14H18F3N5.2ClH/c15-14(16,17)10-5-4-6-11(9-10)20-12(18)21-13(19)22-7-2-1-3-8-22;;/h4-6,9H,1-3,7-8H2,(H4,18,19,20,21);2*1H. The van der Waals surface area contributed by atoms with Gasteiger partial charge in [0.15, 0.2) is 5.96 Å². The second-order valence-electron chi connectivity index (χ2n) is 5.04. The zero-order valence-electron chi connectivity index (χ0n) is 12.8. The molecule has 24 heavy (non-hydrogen) atoms. The third kappa shape index (κ3) is 6.45. The van der Waals surface area contributed by atoms with Gasteiger partial charge in [-0.05, 0) is 37.5 Å². The predicted molar refractivity (Wildman–Crippen MR) is 94.3 cm³/mol. The summed E-state index contributed by atoms with van der Waals surface area (Å²) in [5, 5.41) is 0. The van der Waals surface area contributed by atoms with Crippen LogP contribution in [0.1, 0.15) is 24.8 Å². The number of rotatable bonds is 1. The lowest BCUT2D eigenvalue weighted by Crippen LogP contribution is -2.41. The van der Waals surface area contributed by atoms with Crippen LogP contribution in [0, 0.1) is 0 Å². The third-order valence-electron chi connectivity index (χ3n) is 3.33. The SMILES string of the molecule is Cl.Cl.NC(=Nc1cccc(C(F)(F)F)c1)/N=C(/N)N1CCCCC1. The van der Waals surface area contributed by atoms with E-state index in [0.29, 0.717) is 0 Å². The van der Waals surface area contributed by atoms with Crippen molar-refractivity contribution in [3.63, 3.8) is 0 Å². The summed E-state index contributed by atoms with van der Waals surface area (Å²) in [6, 6.07) is 4.58. The number of aliphatic imine (C=N–C) groups is 2. The molecule has 1 saturated heterocycles. The minimum atomic E-state index is -4.42. The molecule has 2 rings (SSSR count). The van der Waals surface area contributed by atoms with Gasteiger partial charge in [-0.3, -0.25) is 0 Å². The first kappa shape index (κ1) is 22.3. The molecule has 0 atom stereocenters. The second kappa shape index (κ2) is 9.58. The molecule has 0 spiro atoms. The van der Waals surface area contributed by atoms with Crippen LogP contribution in [0.2, 0.25) is 0 Å². The first-order valence-corrected chi connectivity index (χ1v) is 6.97. The molecule has 0 aliphatic carbocycles. The molecular weight excluding hydrogens is 366 g/mol. The first-order valence-electron chi connectivity index (χ1n) is 6.97. The molecule has 1 aromatic rings. The van der Waals surface area contributed by atoms with Crippen molar-refractivity contribution in [3.05, 3.63) is 29.8 Å². The first-order chi connectivity index (χ1) is 10.4. The number of nitrogens with zero attached hydrogens (tertiary/aromatic N) is 3. The van der Waals surface area contributed by atoms with Gasteiger partial charge < -0.3 is 16.4 Å². The summed E-state index contributed by atoms with van der Waals surface area (Å²) in [4.78, 5) is 9.71. The number of alkyl halides is 3. The summed E-state index contributed by atoms with van der Waals surface area (Å²) in [6.45, 7) is 1.60. The van der Waals surface area contributed by atoms with Gasteiger partial charge in [0.2, 0.25) is 5.96 Å². The van der Waals surface area contributed by atoms with Crippen molar-refractivity contribution in [1.29, 1.82) is 0 Å². The average Bonchev–Trinajstić information content (AvgIpc) is 2.47. The van der Waals surface area contributed by atoms with Crippen molar-refractivity contribution >= 4 is 42.4 Å². The third-order valence-corrected chi connectivity index (χ3v) is 3.33. The Kier molecular flexibility index (Phi) is 8.92. The van der Waals surface area contributed by atoms with Gasteiger partial charge in [-0.15, -0.1) is 24.8 Å². The Morgan fingerprint density at radius 2 is 1.67 bits per heavy atom. The zero-order valence-corrected chi connectivity index (χ0v) is 14.4. The topological polar surface area (TPSA) is 80.0 Å². The molecule has 1 heterocycles. The van der Waals surface area contributed by atoms with Crippen molar-refractivity contribution in [2.45, 2.75) is 25.4 Å². The van der Waals surface area contributed by atoms with Crippen LogP contribution < -0.4 is 11.5 Å². The molecule has 0 saturated carbocycles. The van der Waals surface area contributed by atoms with Gasteiger partial charge in [0.25, 0.3) is 0 Å². The van der Waals surface area contributed by atoms with E-state index in [1.807, 2.05) is 4.90 Å². The Balaban J connectivity index is 0.00000264. The highest BCUT2D eigenvalue weighted by molar-refractivity contribution is 5.94. The fourth-order valence-electron chi connectivity index (χ4n) is 2.22. The van der Waals surface area contributed by atoms with E-state index in [1.165, 1.54) is 12.1 Å². The fraction of sp³-hybridized carbons (Fsp3) is 0.429. The Hall–Kier alpha value is -1.67. The normalized spacial score (nSPS) is 16.2. The van der Waals surface area contributed by atoms with Gasteiger partial charge in [0, 0.05) is 13.1 Å². The summed E-state index contributed by atoms with van der Waals surface area (Å²) in [5.41, 5.74) is 10.8. The van der Waals surface area contributed by atoms with E-state index in [0.717, 1.165) is 44.5 Å². The lowest BCUT2D eigenvalue weighted by molar-refractivity contribution is -0.137. The van der Waals surface area contributed by atoms with Gasteiger partial charge in [-0.2, -0.15) is 18.2 Å². The molecule has 10 heteroatoms. The van der Waals surface area contributed by atoms with E-state index in [4.69, 9.17) is 11.5 Å². The van der Waals surface area contributed by atoms with Crippen molar-refractivity contribution in [1.82, 2.24) is 4.90 Å². The number of likely N-dealkylation sites (tertiary alicyclic amines) is 1. The van der Waals surface area contributed by atoms with Crippen LogP contribution in [0.15, 0.2) is 34.3 Å². The minimum Gasteiger partial charge on any atom is -0.369 e. The highest BCUT2D eigenvalue weighted by Crippen LogP contribution is 2.31. The lowest BCUT2D eigenvalue weighted by atomic mass is 10.1. The minimum absolute atomic E-state index is 0. The number of guanidine groups is 2. The Bertz CT molecular complexity index is 584. The maximum Gasteiger partial charge on any atom is 0.416 e. The van der Waals surface area contributed by atoms with Gasteiger partial charge in [-0.1, -0.05) is 6.07 Å². The maximum atomic E-state index is 12.6. The van der Waals surface area contributed by atoms with E-state index >= 15 is 0 Å². The van der Waals surface area contributed by atoms with Crippen LogP contribution >= 0.6 is 24.8 Å². The largest absolute Gasteiger partial charge is 0.416 e. The van der Waals surface area contributed by atoms with Gasteiger partial charge in [0.1, 0.15) is 0 Å². The van der Waals surface area contributed by atoms with Gasteiger partial charge in [0.05, 0.1) is 11.3 Å². The molecule has 0 amide bonds. The molecule has 1 aromatic carbocycles. The highest BCUT2D eigenvalue weighted by Gasteiger charge is 2.30. The predicted octanol–water partition coefficient (Wildman–Crippen LogP) is 3.30. The summed E-state index contributed by atoms with van der Waals surface area (Å²) in [5.74, 6) is 0.0790. The quantitative estimate of drug-likeness (QED) is 0.574. The second-order valence-corrected chi connectivity index (χ2v) is 5.04. The van der Waals surface area contributed by atoms with Crippen molar-refractivity contribution < 1.29 is 13.2 Å². The number of nitrogens with two attached hydrogens (primary N) is 2. The van der Waals surface area contributed by atoms with E-state index < -0.39 is 11.7 Å². The molecule has 1 fully saturated rings. The number of benzene rings is 1. The van der Waals surface area contributed by atoms with E-state index in [-0.39, 0.29) is 42.4 Å². The lowest BCUT2D eigenvalue weighted by Gasteiger charge is -2.27. The molecule has 5 nitrogen and oxygen atoms in total. The van der Waals surface area contributed by atoms with Crippen molar-refractivity contribution in [2.75, 3.05) is 13.1 Å². The smallest absolute Gasteiger partial charge is 0.369 e. The zero-order chi connectivity index (χ0) is 16.2. The van der Waals surface area contributed by atoms with Crippen LogP contribution in [0.25, 0.3) is 0 Å². The number of hydrogen-bond acceptors (Lipinski definition) is 1. The molecule has 4 N–H and O–H groups in total. The van der Waals surface area contributed by atoms with Gasteiger partial charge >= 0.3 is 6.18 Å². The van der Waals surface area contributed by atoms with Gasteiger partial charge in [-0.25, -0.2) is 4.99 Å². The molecule has 136 valence electrons. The Morgan fingerprint density at radius 3 is 2.25 bits per heavy atom. The molecule has 0 bridgehead atoms. The summed E-state index contributed by atoms with van der Waals surface area (Å²) in [7, 11) is 0. The van der Waals surface area contributed by atoms with Crippen LogP contribution in [0.5, 0.6) is 0 Å².